The van der Waals surface area contributed by atoms with Gasteiger partial charge in [-0.2, -0.15) is 4.52 Å². The van der Waals surface area contributed by atoms with E-state index in [-0.39, 0.29) is 11.5 Å². The predicted octanol–water partition coefficient (Wildman–Crippen LogP) is 3.62. The van der Waals surface area contributed by atoms with E-state index in [4.69, 9.17) is 11.6 Å². The summed E-state index contributed by atoms with van der Waals surface area (Å²) in [6.07, 6.45) is 1.42. The van der Waals surface area contributed by atoms with Gasteiger partial charge in [0.25, 0.3) is 17.2 Å². The van der Waals surface area contributed by atoms with Crippen molar-refractivity contribution in [1.82, 2.24) is 19.6 Å². The number of halogens is 1. The molecule has 140 valence electrons. The summed E-state index contributed by atoms with van der Waals surface area (Å²) in [6, 6.07) is 15.8. The van der Waals surface area contributed by atoms with Gasteiger partial charge < -0.3 is 5.32 Å². The molecule has 0 saturated heterocycles. The zero-order valence-corrected chi connectivity index (χ0v) is 16.0. The molecular weight excluding hydrogens is 398 g/mol. The first-order valence-electron chi connectivity index (χ1n) is 8.31. The number of aromatic amines is 1. The summed E-state index contributed by atoms with van der Waals surface area (Å²) in [5.41, 5.74) is 1.45. The Morgan fingerprint density at radius 1 is 1.18 bits per heavy atom. The van der Waals surface area contributed by atoms with Crippen molar-refractivity contribution in [1.29, 1.82) is 0 Å². The summed E-state index contributed by atoms with van der Waals surface area (Å²) in [7, 11) is 0. The lowest BCUT2D eigenvalue weighted by Gasteiger charge is -2.11. The molecule has 0 bridgehead atoms. The highest BCUT2D eigenvalue weighted by Gasteiger charge is 2.13. The highest BCUT2D eigenvalue weighted by molar-refractivity contribution is 7.98. The molecule has 0 fully saturated rings. The van der Waals surface area contributed by atoms with Crippen molar-refractivity contribution in [2.75, 3.05) is 5.32 Å². The van der Waals surface area contributed by atoms with Crippen molar-refractivity contribution in [2.45, 2.75) is 10.6 Å². The number of benzene rings is 2. The molecule has 2 N–H and O–H groups in total. The van der Waals surface area contributed by atoms with E-state index in [0.29, 0.717) is 33.5 Å². The number of nitrogens with zero attached hydrogens (tertiary/aromatic N) is 3. The number of amides is 1. The second-order valence-electron chi connectivity index (χ2n) is 5.83. The Morgan fingerprint density at radius 3 is 2.82 bits per heavy atom. The molecule has 4 rings (SSSR count). The molecule has 0 saturated carbocycles. The number of aromatic nitrogens is 4. The summed E-state index contributed by atoms with van der Waals surface area (Å²) in [5.74, 6) is 0.494. The van der Waals surface area contributed by atoms with Crippen LogP contribution in [0.25, 0.3) is 5.78 Å². The molecule has 28 heavy (non-hydrogen) atoms. The molecule has 0 unspecified atom stereocenters. The normalized spacial score (nSPS) is 10.9. The summed E-state index contributed by atoms with van der Waals surface area (Å²) in [6.45, 7) is 0. The molecule has 0 radical (unpaired) electrons. The molecule has 2 aromatic heterocycles. The van der Waals surface area contributed by atoms with E-state index in [0.717, 1.165) is 4.90 Å². The average molecular weight is 412 g/mol. The van der Waals surface area contributed by atoms with E-state index in [2.05, 4.69) is 20.4 Å². The number of rotatable bonds is 5. The van der Waals surface area contributed by atoms with Gasteiger partial charge >= 0.3 is 0 Å². The van der Waals surface area contributed by atoms with Gasteiger partial charge in [-0.05, 0) is 24.3 Å². The molecule has 1 amide bonds. The van der Waals surface area contributed by atoms with E-state index in [1.54, 1.807) is 24.3 Å². The number of thioether (sulfide) groups is 1. The minimum atomic E-state index is -0.284. The molecule has 0 aliphatic rings. The Labute approximate surface area is 168 Å². The predicted molar refractivity (Wildman–Crippen MR) is 109 cm³/mol. The fourth-order valence-electron chi connectivity index (χ4n) is 2.63. The molecule has 2 heterocycles. The maximum atomic E-state index is 12.5. The molecule has 0 spiro atoms. The number of hydrogen-bond acceptors (Lipinski definition) is 5. The second-order valence-corrected chi connectivity index (χ2v) is 7.25. The lowest BCUT2D eigenvalue weighted by molar-refractivity contribution is 0.102. The van der Waals surface area contributed by atoms with Gasteiger partial charge in [-0.1, -0.05) is 35.9 Å². The van der Waals surface area contributed by atoms with E-state index in [1.165, 1.54) is 28.7 Å². The number of nitrogens with one attached hydrogen (secondary N) is 2. The monoisotopic (exact) mass is 411 g/mol. The number of hydrogen-bond donors (Lipinski definition) is 2. The van der Waals surface area contributed by atoms with Gasteiger partial charge in [-0.3, -0.25) is 14.7 Å². The fourth-order valence-corrected chi connectivity index (χ4v) is 3.75. The zero-order valence-electron chi connectivity index (χ0n) is 14.4. The molecule has 0 aliphatic carbocycles. The van der Waals surface area contributed by atoms with Gasteiger partial charge in [0.2, 0.25) is 0 Å². The molecule has 4 aromatic rings. The Hall–Kier alpha value is -3.10. The zero-order chi connectivity index (χ0) is 19.5. The van der Waals surface area contributed by atoms with Gasteiger partial charge in [0.05, 0.1) is 22.0 Å². The van der Waals surface area contributed by atoms with Gasteiger partial charge in [0.15, 0.2) is 0 Å². The van der Waals surface area contributed by atoms with Gasteiger partial charge in [0.1, 0.15) is 6.33 Å². The highest BCUT2D eigenvalue weighted by Crippen LogP contribution is 2.30. The van der Waals surface area contributed by atoms with Crippen LogP contribution in [-0.2, 0) is 5.75 Å². The molecule has 0 aliphatic heterocycles. The number of carbonyl (C=O) groups excluding carboxylic acids is 1. The lowest BCUT2D eigenvalue weighted by atomic mass is 10.2. The van der Waals surface area contributed by atoms with Crippen molar-refractivity contribution < 1.29 is 4.79 Å². The van der Waals surface area contributed by atoms with Crippen LogP contribution in [0.5, 0.6) is 0 Å². The van der Waals surface area contributed by atoms with Crippen molar-refractivity contribution >= 4 is 40.7 Å². The minimum absolute atomic E-state index is 0.224. The molecule has 2 aromatic carbocycles. The summed E-state index contributed by atoms with van der Waals surface area (Å²) in [4.78, 5) is 33.8. The van der Waals surface area contributed by atoms with Crippen LogP contribution in [-0.4, -0.2) is 25.5 Å². The number of carbonyl (C=O) groups is 1. The number of H-pyrrole nitrogens is 1. The standard InChI is InChI=1S/C19H14ClN5O2S/c20-14-6-2-1-5-13(14)18(27)24-15-7-3-4-8-16(15)28-10-12-9-17(26)25-19(23-12)21-11-22-25/h1-9,11H,10H2,(H,24,27)(H,21,22,23). The van der Waals surface area contributed by atoms with Crippen LogP contribution in [0.1, 0.15) is 16.1 Å². The first kappa shape index (κ1) is 18.3. The van der Waals surface area contributed by atoms with Crippen LogP contribution in [0.4, 0.5) is 5.69 Å². The van der Waals surface area contributed by atoms with Crippen LogP contribution in [0.3, 0.4) is 0 Å². The van der Waals surface area contributed by atoms with Crippen LogP contribution in [0.2, 0.25) is 5.02 Å². The maximum Gasteiger partial charge on any atom is 0.274 e. The third-order valence-electron chi connectivity index (χ3n) is 3.95. The summed E-state index contributed by atoms with van der Waals surface area (Å²) >= 11 is 7.57. The van der Waals surface area contributed by atoms with Crippen molar-refractivity contribution in [3.8, 4) is 0 Å². The van der Waals surface area contributed by atoms with Gasteiger partial charge in [-0.15, -0.1) is 11.8 Å². The largest absolute Gasteiger partial charge is 0.321 e. The van der Waals surface area contributed by atoms with E-state index in [1.807, 2.05) is 24.3 Å². The average Bonchev–Trinajstić information content (AvgIpc) is 3.17. The first-order chi connectivity index (χ1) is 13.6. The topological polar surface area (TPSA) is 92.2 Å². The smallest absolute Gasteiger partial charge is 0.274 e. The fraction of sp³-hybridized carbons (Fsp3) is 0.0526. The van der Waals surface area contributed by atoms with Crippen LogP contribution in [0.15, 0.2) is 70.6 Å². The summed E-state index contributed by atoms with van der Waals surface area (Å²) < 4.78 is 1.27. The maximum absolute atomic E-state index is 12.5. The van der Waals surface area contributed by atoms with E-state index < -0.39 is 0 Å². The van der Waals surface area contributed by atoms with E-state index >= 15 is 0 Å². The Kier molecular flexibility index (Phi) is 5.14. The Morgan fingerprint density at radius 2 is 1.96 bits per heavy atom. The molecular formula is C19H14ClN5O2S. The number of para-hydroxylation sites is 1. The van der Waals surface area contributed by atoms with Crippen LogP contribution < -0.4 is 10.9 Å². The van der Waals surface area contributed by atoms with E-state index in [9.17, 15) is 9.59 Å². The van der Waals surface area contributed by atoms with Crippen LogP contribution in [0, 0.1) is 0 Å². The van der Waals surface area contributed by atoms with Crippen LogP contribution >= 0.6 is 23.4 Å². The Bertz CT molecular complexity index is 1220. The quantitative estimate of drug-likeness (QED) is 0.489. The summed E-state index contributed by atoms with van der Waals surface area (Å²) in [5, 5.41) is 5.99. The third kappa shape index (κ3) is 3.78. The van der Waals surface area contributed by atoms with Crippen molar-refractivity contribution in [2.24, 2.45) is 0 Å². The third-order valence-corrected chi connectivity index (χ3v) is 5.39. The van der Waals surface area contributed by atoms with Gasteiger partial charge in [-0.25, -0.2) is 9.97 Å². The highest BCUT2D eigenvalue weighted by atomic mass is 35.5. The van der Waals surface area contributed by atoms with Crippen molar-refractivity contribution in [3.63, 3.8) is 0 Å². The lowest BCUT2D eigenvalue weighted by Crippen LogP contribution is -2.15. The van der Waals surface area contributed by atoms with Gasteiger partial charge in [0, 0.05) is 16.7 Å². The molecule has 9 heteroatoms. The minimum Gasteiger partial charge on any atom is -0.321 e. The molecule has 7 nitrogen and oxygen atoms in total. The molecule has 0 atom stereocenters. The second kappa shape index (κ2) is 7.87. The number of fused-ring (bicyclic) bond motifs is 1. The first-order valence-corrected chi connectivity index (χ1v) is 9.68. The van der Waals surface area contributed by atoms with Crippen molar-refractivity contribution in [3.05, 3.63) is 87.6 Å². The number of anilines is 1. The SMILES string of the molecule is O=C(Nc1ccccc1SCc1cc(=O)n2[nH]cnc2n1)c1ccccc1Cl. The Balaban J connectivity index is 1.53.